The zero-order valence-electron chi connectivity index (χ0n) is 10.1. The number of halogens is 2. The number of hydrogen-bond acceptors (Lipinski definition) is 1. The molecule has 3 nitrogen and oxygen atoms in total. The number of anilines is 1. The molecule has 2 rings (SSSR count). The van der Waals surface area contributed by atoms with Gasteiger partial charge in [-0.1, -0.05) is 12.8 Å². The first kappa shape index (κ1) is 13.3. The first-order valence-corrected chi connectivity index (χ1v) is 6.97. The van der Waals surface area contributed by atoms with Crippen LogP contribution in [0, 0.1) is 5.82 Å². The highest BCUT2D eigenvalue weighted by molar-refractivity contribution is 9.10. The number of amides is 2. The molecule has 5 heteroatoms. The number of carbonyl (C=O) groups excluding carboxylic acids is 1. The number of urea groups is 1. The molecular formula is C13H16BrFN2O. The Hall–Kier alpha value is -1.10. The Morgan fingerprint density at radius 1 is 1.22 bits per heavy atom. The minimum atomic E-state index is -0.372. The number of rotatable bonds is 1. The van der Waals surface area contributed by atoms with E-state index in [9.17, 15) is 9.18 Å². The fourth-order valence-corrected chi connectivity index (χ4v) is 2.30. The maximum atomic E-state index is 13.3. The third kappa shape index (κ3) is 3.45. The summed E-state index contributed by atoms with van der Waals surface area (Å²) in [5.74, 6) is -0.372. The minimum Gasteiger partial charge on any atom is -0.325 e. The monoisotopic (exact) mass is 314 g/mol. The topological polar surface area (TPSA) is 32.3 Å². The third-order valence-electron chi connectivity index (χ3n) is 3.06. The second-order valence-electron chi connectivity index (χ2n) is 4.46. The van der Waals surface area contributed by atoms with Crippen molar-refractivity contribution in [2.75, 3.05) is 18.4 Å². The summed E-state index contributed by atoms with van der Waals surface area (Å²) in [5.41, 5.74) is 0.491. The van der Waals surface area contributed by atoms with Gasteiger partial charge in [0.2, 0.25) is 0 Å². The van der Waals surface area contributed by atoms with Gasteiger partial charge in [0.05, 0.1) is 4.47 Å². The van der Waals surface area contributed by atoms with Crippen molar-refractivity contribution in [3.05, 3.63) is 28.5 Å². The lowest BCUT2D eigenvalue weighted by Gasteiger charge is -2.20. The molecule has 0 saturated carbocycles. The summed E-state index contributed by atoms with van der Waals surface area (Å²) >= 11 is 3.08. The van der Waals surface area contributed by atoms with Gasteiger partial charge in [-0.2, -0.15) is 0 Å². The number of benzene rings is 1. The van der Waals surface area contributed by atoms with E-state index < -0.39 is 0 Å². The van der Waals surface area contributed by atoms with E-state index in [1.54, 1.807) is 17.0 Å². The number of nitrogens with one attached hydrogen (secondary N) is 1. The van der Waals surface area contributed by atoms with Crippen LogP contribution in [-0.4, -0.2) is 24.0 Å². The van der Waals surface area contributed by atoms with Gasteiger partial charge in [0, 0.05) is 18.8 Å². The number of likely N-dealkylation sites (tertiary alicyclic amines) is 1. The van der Waals surface area contributed by atoms with Crippen molar-refractivity contribution in [1.29, 1.82) is 0 Å². The summed E-state index contributed by atoms with van der Waals surface area (Å²) in [7, 11) is 0. The van der Waals surface area contributed by atoms with E-state index in [4.69, 9.17) is 0 Å². The average molecular weight is 315 g/mol. The lowest BCUT2D eigenvalue weighted by atomic mass is 10.2. The lowest BCUT2D eigenvalue weighted by Crippen LogP contribution is -2.35. The molecule has 98 valence electrons. The molecule has 0 unspecified atom stereocenters. The Morgan fingerprint density at radius 2 is 1.89 bits per heavy atom. The van der Waals surface area contributed by atoms with Crippen LogP contribution in [0.1, 0.15) is 25.7 Å². The Morgan fingerprint density at radius 3 is 2.50 bits per heavy atom. The number of carbonyl (C=O) groups is 1. The highest BCUT2D eigenvalue weighted by atomic mass is 79.9. The molecule has 0 atom stereocenters. The molecule has 1 aromatic carbocycles. The normalized spacial score (nSPS) is 16.2. The van der Waals surface area contributed by atoms with E-state index in [2.05, 4.69) is 21.2 Å². The Balaban J connectivity index is 1.99. The van der Waals surface area contributed by atoms with Crippen molar-refractivity contribution in [1.82, 2.24) is 4.90 Å². The maximum Gasteiger partial charge on any atom is 0.321 e. The molecule has 1 heterocycles. The second-order valence-corrected chi connectivity index (χ2v) is 5.31. The summed E-state index contributed by atoms with van der Waals surface area (Å²) in [4.78, 5) is 13.8. The van der Waals surface area contributed by atoms with Crippen LogP contribution in [-0.2, 0) is 0 Å². The molecule has 0 bridgehead atoms. The maximum absolute atomic E-state index is 13.3. The zero-order chi connectivity index (χ0) is 13.0. The van der Waals surface area contributed by atoms with Gasteiger partial charge in [-0.25, -0.2) is 9.18 Å². The van der Waals surface area contributed by atoms with E-state index in [0.717, 1.165) is 25.9 Å². The molecule has 1 saturated heterocycles. The van der Waals surface area contributed by atoms with Crippen LogP contribution in [0.15, 0.2) is 22.7 Å². The Labute approximate surface area is 114 Å². The summed E-state index contributed by atoms with van der Waals surface area (Å²) in [5, 5.41) is 2.73. The van der Waals surface area contributed by atoms with Crippen molar-refractivity contribution in [3.8, 4) is 0 Å². The SMILES string of the molecule is O=C(Nc1ccc(Br)c(F)c1)N1CCCCCC1. The van der Waals surface area contributed by atoms with Crippen LogP contribution in [0.5, 0.6) is 0 Å². The quantitative estimate of drug-likeness (QED) is 0.835. The molecule has 1 aliphatic heterocycles. The van der Waals surface area contributed by atoms with Crippen LogP contribution >= 0.6 is 15.9 Å². The first-order valence-electron chi connectivity index (χ1n) is 6.18. The van der Waals surface area contributed by atoms with Crippen LogP contribution in [0.25, 0.3) is 0 Å². The zero-order valence-corrected chi connectivity index (χ0v) is 11.7. The largest absolute Gasteiger partial charge is 0.325 e. The molecule has 1 aromatic rings. The second kappa shape index (κ2) is 6.18. The Kier molecular flexibility index (Phi) is 4.58. The van der Waals surface area contributed by atoms with E-state index in [-0.39, 0.29) is 11.8 Å². The van der Waals surface area contributed by atoms with Crippen LogP contribution in [0.2, 0.25) is 0 Å². The first-order chi connectivity index (χ1) is 8.66. The molecule has 1 N–H and O–H groups in total. The molecule has 0 radical (unpaired) electrons. The van der Waals surface area contributed by atoms with Gasteiger partial charge in [0.1, 0.15) is 5.82 Å². The fraction of sp³-hybridized carbons (Fsp3) is 0.462. The molecule has 0 aliphatic carbocycles. The average Bonchev–Trinajstić information content (AvgIpc) is 2.62. The van der Waals surface area contributed by atoms with E-state index in [1.807, 2.05) is 0 Å². The van der Waals surface area contributed by atoms with Gasteiger partial charge < -0.3 is 10.2 Å². The summed E-state index contributed by atoms with van der Waals surface area (Å²) in [6, 6.07) is 4.45. The molecule has 1 aliphatic rings. The van der Waals surface area contributed by atoms with Gasteiger partial charge in [-0.15, -0.1) is 0 Å². The van der Waals surface area contributed by atoms with E-state index in [0.29, 0.717) is 10.2 Å². The van der Waals surface area contributed by atoms with Crippen molar-refractivity contribution in [2.24, 2.45) is 0 Å². The number of hydrogen-bond donors (Lipinski definition) is 1. The fourth-order valence-electron chi connectivity index (χ4n) is 2.05. The molecule has 2 amide bonds. The summed E-state index contributed by atoms with van der Waals surface area (Å²) in [6.07, 6.45) is 4.44. The van der Waals surface area contributed by atoms with Gasteiger partial charge >= 0.3 is 6.03 Å². The van der Waals surface area contributed by atoms with E-state index in [1.165, 1.54) is 18.9 Å². The van der Waals surface area contributed by atoms with Gasteiger partial charge in [-0.05, 0) is 47.0 Å². The highest BCUT2D eigenvalue weighted by Gasteiger charge is 2.15. The standard InChI is InChI=1S/C13H16BrFN2O/c14-11-6-5-10(9-12(11)15)16-13(18)17-7-3-1-2-4-8-17/h5-6,9H,1-4,7-8H2,(H,16,18). The van der Waals surface area contributed by atoms with Crippen molar-refractivity contribution in [3.63, 3.8) is 0 Å². The predicted octanol–water partition coefficient (Wildman–Crippen LogP) is 4.00. The molecule has 1 fully saturated rings. The number of nitrogens with zero attached hydrogens (tertiary/aromatic N) is 1. The third-order valence-corrected chi connectivity index (χ3v) is 3.71. The highest BCUT2D eigenvalue weighted by Crippen LogP contribution is 2.20. The summed E-state index contributed by atoms with van der Waals surface area (Å²) in [6.45, 7) is 1.57. The van der Waals surface area contributed by atoms with E-state index >= 15 is 0 Å². The molecular weight excluding hydrogens is 299 g/mol. The molecule has 0 aromatic heterocycles. The van der Waals surface area contributed by atoms with Crippen LogP contribution < -0.4 is 5.32 Å². The van der Waals surface area contributed by atoms with Crippen molar-refractivity contribution < 1.29 is 9.18 Å². The van der Waals surface area contributed by atoms with Crippen molar-refractivity contribution in [2.45, 2.75) is 25.7 Å². The van der Waals surface area contributed by atoms with Gasteiger partial charge in [-0.3, -0.25) is 0 Å². The molecule has 18 heavy (non-hydrogen) atoms. The molecule has 0 spiro atoms. The van der Waals surface area contributed by atoms with Crippen LogP contribution in [0.3, 0.4) is 0 Å². The van der Waals surface area contributed by atoms with Gasteiger partial charge in [0.25, 0.3) is 0 Å². The van der Waals surface area contributed by atoms with Crippen molar-refractivity contribution >= 4 is 27.6 Å². The Bertz CT molecular complexity index is 431. The van der Waals surface area contributed by atoms with Gasteiger partial charge in [0.15, 0.2) is 0 Å². The van der Waals surface area contributed by atoms with Crippen LogP contribution in [0.4, 0.5) is 14.9 Å². The minimum absolute atomic E-state index is 0.140. The smallest absolute Gasteiger partial charge is 0.321 e. The lowest BCUT2D eigenvalue weighted by molar-refractivity contribution is 0.214. The predicted molar refractivity (Wildman–Crippen MR) is 73.2 cm³/mol. The summed E-state index contributed by atoms with van der Waals surface area (Å²) < 4.78 is 13.7.